The van der Waals surface area contributed by atoms with Gasteiger partial charge in [0.2, 0.25) is 0 Å². The molecule has 626 valence electrons. The minimum atomic E-state index is -0.234. The first-order chi connectivity index (χ1) is 64.7. The van der Waals surface area contributed by atoms with Gasteiger partial charge in [-0.25, -0.2) is 29.9 Å². The first kappa shape index (κ1) is 79.2. The number of para-hydroxylation sites is 4. The number of fused-ring (bicyclic) bond motifs is 18. The van der Waals surface area contributed by atoms with Crippen LogP contribution in [0.3, 0.4) is 0 Å². The first-order valence-corrected chi connectivity index (χ1v) is 46.1. The lowest BCUT2D eigenvalue weighted by Crippen LogP contribution is -2.17. The van der Waals surface area contributed by atoms with Crippen LogP contribution in [-0.2, 0) is 16.2 Å². The van der Waals surface area contributed by atoms with Crippen LogP contribution in [-0.4, -0.2) is 44.0 Å². The number of benzene rings is 16. The number of thiophene rings is 1. The molecule has 0 fully saturated rings. The summed E-state index contributed by atoms with van der Waals surface area (Å²) in [6.07, 6.45) is 1.83. The van der Waals surface area contributed by atoms with Crippen molar-refractivity contribution in [1.82, 2.24) is 44.0 Å². The van der Waals surface area contributed by atoms with Gasteiger partial charge in [0, 0.05) is 137 Å². The van der Waals surface area contributed by atoms with E-state index < -0.39 is 0 Å². The Labute approximate surface area is 770 Å². The molecule has 132 heavy (non-hydrogen) atoms. The van der Waals surface area contributed by atoms with Gasteiger partial charge in [-0.05, 0) is 123 Å². The van der Waals surface area contributed by atoms with Gasteiger partial charge in [0.15, 0.2) is 17.5 Å². The van der Waals surface area contributed by atoms with Crippen molar-refractivity contribution in [2.75, 3.05) is 0 Å². The fourth-order valence-electron chi connectivity index (χ4n) is 21.0. The number of hydrogen-bond acceptors (Lipinski definition) is 8. The van der Waals surface area contributed by atoms with Gasteiger partial charge in [0.25, 0.3) is 0 Å². The molecule has 0 amide bonds. The lowest BCUT2D eigenvalue weighted by atomic mass is 9.80. The summed E-state index contributed by atoms with van der Waals surface area (Å²) in [7, 11) is 0. The topological polar surface area (TPSA) is 100 Å². The third-order valence-electron chi connectivity index (χ3n) is 27.3. The Bertz CT molecular complexity index is 8420. The van der Waals surface area contributed by atoms with Crippen LogP contribution in [0.15, 0.2) is 419 Å². The average molecular weight is 1710 g/mol. The number of rotatable bonds is 11. The van der Waals surface area contributed by atoms with Gasteiger partial charge in [-0.15, -0.1) is 11.3 Å². The summed E-state index contributed by atoms with van der Waals surface area (Å²) >= 11 is 1.86. The highest BCUT2D eigenvalue weighted by atomic mass is 32.1. The molecule has 3 aliphatic carbocycles. The van der Waals surface area contributed by atoms with E-state index in [4.69, 9.17) is 34.9 Å². The maximum Gasteiger partial charge on any atom is 0.160 e. The van der Waals surface area contributed by atoms with Crippen molar-refractivity contribution in [3.05, 3.63) is 452 Å². The zero-order valence-corrected chi connectivity index (χ0v) is 74.6. The molecule has 0 N–H and O–H groups in total. The number of hydrogen-bond donors (Lipinski definition) is 0. The van der Waals surface area contributed by atoms with Gasteiger partial charge in [-0.2, -0.15) is 0 Å². The fourth-order valence-corrected chi connectivity index (χ4v) is 22.3. The Hall–Kier alpha value is -16.3. The molecule has 0 radical (unpaired) electrons. The lowest BCUT2D eigenvalue weighted by Gasteiger charge is -2.24. The van der Waals surface area contributed by atoms with Gasteiger partial charge >= 0.3 is 0 Å². The summed E-state index contributed by atoms with van der Waals surface area (Å²) in [6, 6.07) is 146. The first-order valence-electron chi connectivity index (χ1n) is 45.2. The molecular weight excluding hydrogens is 1620 g/mol. The lowest BCUT2D eigenvalue weighted by molar-refractivity contribution is 0.657. The molecule has 0 spiro atoms. The third kappa shape index (κ3) is 13.1. The quantitative estimate of drug-likeness (QED) is 0.127. The number of aromatic nitrogens is 9. The molecule has 0 aliphatic heterocycles. The highest BCUT2D eigenvalue weighted by Gasteiger charge is 2.44. The Morgan fingerprint density at radius 3 is 0.970 bits per heavy atom. The van der Waals surface area contributed by atoms with Crippen LogP contribution in [0.2, 0.25) is 0 Å². The van der Waals surface area contributed by atoms with Crippen LogP contribution in [0, 0.1) is 0 Å². The molecule has 0 saturated heterocycles. The zero-order chi connectivity index (χ0) is 88.5. The normalized spacial score (nSPS) is 13.3. The van der Waals surface area contributed by atoms with E-state index in [1.54, 1.807) is 0 Å². The zero-order valence-electron chi connectivity index (χ0n) is 73.8. The molecule has 7 heterocycles. The summed E-state index contributed by atoms with van der Waals surface area (Å²) < 4.78 is 7.31. The minimum Gasteiger partial charge on any atom is -0.309 e. The predicted octanol–water partition coefficient (Wildman–Crippen LogP) is 31.3. The van der Waals surface area contributed by atoms with E-state index in [-0.39, 0.29) is 16.2 Å². The van der Waals surface area contributed by atoms with E-state index in [1.807, 2.05) is 35.7 Å². The second-order valence-corrected chi connectivity index (χ2v) is 37.2. The number of nitrogens with zero attached hydrogens (tertiary/aromatic N) is 9. The van der Waals surface area contributed by atoms with Gasteiger partial charge in [0.05, 0.1) is 61.9 Å². The van der Waals surface area contributed by atoms with Gasteiger partial charge in [-0.3, -0.25) is 4.98 Å². The SMILES string of the molecule is CC1(C)c2ccccc2-c2nc(-c3cccc(-c4cccc5c4sc4ccccc45)c3)nc(-c3ccc(-c4ccccc4)cc3)c21.CC1(C)c2ccccc2-c2nc(-c3cccc(-n4c5ccccc5c5ccccc54)c3)nc(-c3ccc(-c4ccccc4)cc3)c21.CC1(C)c2ccccc2-c2nc(-c3cccc(-n4c5ccccc5c5ccccc54)c3)nc(-c3ccccn3)c21. The third-order valence-corrected chi connectivity index (χ3v) is 28.5. The van der Waals surface area contributed by atoms with Crippen LogP contribution < -0.4 is 0 Å². The fraction of sp³-hybridized carbons (Fsp3) is 0.0738. The van der Waals surface area contributed by atoms with Crippen molar-refractivity contribution in [1.29, 1.82) is 0 Å². The van der Waals surface area contributed by atoms with E-state index in [0.29, 0.717) is 5.82 Å². The Balaban J connectivity index is 0.000000110. The van der Waals surface area contributed by atoms with Crippen molar-refractivity contribution in [3.8, 4) is 147 Å². The molecule has 0 bridgehead atoms. The van der Waals surface area contributed by atoms with E-state index >= 15 is 0 Å². The standard InChI is InChI=1S/C43H31N3.C43H30N2S.C36H26N4/c1-43(2)36-20-9-6-19-35(36)41-39(43)40(30-25-23-29(24-26-30)28-13-4-3-5-14-28)44-42(45-41)31-15-12-16-32(27-31)46-37-21-10-7-17-33(37)34-18-8-11-22-38(34)46;1-43(2)36-20-8-6-17-35(36)40-38(43)39(29-24-22-28(23-25-29)27-12-4-3-5-13-27)44-42(45-40)31-15-10-14-30(26-31)32-18-11-19-34-33-16-7-9-21-37(33)46-41(32)34;1-36(2)28-17-6-3-16-27(28)33-32(36)34(29-18-9-10-21-37-29)39-35(38-33)23-12-11-13-24(22-23)40-30-19-7-4-14-25(30)26-15-5-8-20-31(26)40/h3-27H,1-2H3;3-26H,1-2H3;3-22H,1-2H3. The van der Waals surface area contributed by atoms with Crippen LogP contribution in [0.1, 0.15) is 74.9 Å². The molecule has 3 aliphatic rings. The highest BCUT2D eigenvalue weighted by molar-refractivity contribution is 7.26. The largest absolute Gasteiger partial charge is 0.309 e. The summed E-state index contributed by atoms with van der Waals surface area (Å²) in [5, 5.41) is 7.60. The van der Waals surface area contributed by atoms with Crippen LogP contribution in [0.5, 0.6) is 0 Å². The van der Waals surface area contributed by atoms with Crippen molar-refractivity contribution in [2.24, 2.45) is 0 Å². The average Bonchev–Trinajstić information content (AvgIpc) is 1.56. The molecule has 16 aromatic carbocycles. The smallest absolute Gasteiger partial charge is 0.160 e. The molecule has 23 aromatic rings. The highest BCUT2D eigenvalue weighted by Crippen LogP contribution is 2.56. The van der Waals surface area contributed by atoms with Crippen LogP contribution in [0.25, 0.3) is 210 Å². The summed E-state index contributed by atoms with van der Waals surface area (Å²) in [5.74, 6) is 2.18. The molecule has 0 atom stereocenters. The maximum absolute atomic E-state index is 5.39. The van der Waals surface area contributed by atoms with Crippen molar-refractivity contribution in [2.45, 2.75) is 57.8 Å². The van der Waals surface area contributed by atoms with E-state index in [1.165, 1.54) is 142 Å². The predicted molar refractivity (Wildman–Crippen MR) is 547 cm³/mol. The van der Waals surface area contributed by atoms with Crippen molar-refractivity contribution >= 4 is 75.1 Å². The Morgan fingerprint density at radius 1 is 0.220 bits per heavy atom. The van der Waals surface area contributed by atoms with E-state index in [9.17, 15) is 0 Å². The van der Waals surface area contributed by atoms with E-state index in [2.05, 4.69) is 445 Å². The van der Waals surface area contributed by atoms with Gasteiger partial charge < -0.3 is 9.13 Å². The minimum absolute atomic E-state index is 0.226. The van der Waals surface area contributed by atoms with Crippen LogP contribution >= 0.6 is 11.3 Å². The number of pyridine rings is 1. The molecule has 26 rings (SSSR count). The second-order valence-electron chi connectivity index (χ2n) is 36.2. The molecular formula is C122H87N9S. The van der Waals surface area contributed by atoms with Crippen molar-refractivity contribution < 1.29 is 0 Å². The summed E-state index contributed by atoms with van der Waals surface area (Å²) in [5.41, 5.74) is 36.3. The summed E-state index contributed by atoms with van der Waals surface area (Å²) in [4.78, 5) is 36.7. The second kappa shape index (κ2) is 31.6. The molecule has 0 unspecified atom stereocenters. The van der Waals surface area contributed by atoms with Gasteiger partial charge in [0.1, 0.15) is 0 Å². The van der Waals surface area contributed by atoms with Crippen molar-refractivity contribution in [3.63, 3.8) is 0 Å². The molecule has 10 heteroatoms. The van der Waals surface area contributed by atoms with E-state index in [0.717, 1.165) is 96.3 Å². The van der Waals surface area contributed by atoms with Crippen LogP contribution in [0.4, 0.5) is 0 Å². The Morgan fingerprint density at radius 2 is 0.530 bits per heavy atom. The monoisotopic (exact) mass is 1710 g/mol. The molecule has 9 nitrogen and oxygen atoms in total. The molecule has 0 saturated carbocycles. The Kier molecular flexibility index (Phi) is 18.9. The maximum atomic E-state index is 5.39. The molecule has 7 aromatic heterocycles. The van der Waals surface area contributed by atoms with Gasteiger partial charge in [-0.1, -0.05) is 381 Å². The summed E-state index contributed by atoms with van der Waals surface area (Å²) in [6.45, 7) is 13.7.